The molecule has 33 heavy (non-hydrogen) atoms. The van der Waals surface area contributed by atoms with Crippen molar-refractivity contribution in [2.45, 2.75) is 44.3 Å². The highest BCUT2D eigenvalue weighted by atomic mass is 32.2. The number of benzene rings is 1. The van der Waals surface area contributed by atoms with Crippen molar-refractivity contribution in [1.82, 2.24) is 9.97 Å². The van der Waals surface area contributed by atoms with Gasteiger partial charge in [-0.05, 0) is 49.1 Å². The van der Waals surface area contributed by atoms with Gasteiger partial charge >= 0.3 is 0 Å². The van der Waals surface area contributed by atoms with Crippen molar-refractivity contribution >= 4 is 15.8 Å². The van der Waals surface area contributed by atoms with Crippen LogP contribution in [0.1, 0.15) is 37.3 Å². The third-order valence-electron chi connectivity index (χ3n) is 6.76. The van der Waals surface area contributed by atoms with Crippen LogP contribution in [0.2, 0.25) is 0 Å². The molecular weight excluding hydrogens is 445 g/mol. The molecule has 0 radical (unpaired) electrons. The SMILES string of the molecule is CCS(=O)(=O)c1ccc(COCC2CC2C2CCN(c3ncc(COC)cn3)CC2)c(F)c1. The first-order valence-corrected chi connectivity index (χ1v) is 13.2. The largest absolute Gasteiger partial charge is 0.380 e. The van der Waals surface area contributed by atoms with Crippen LogP contribution in [0.5, 0.6) is 0 Å². The van der Waals surface area contributed by atoms with Gasteiger partial charge in [0.2, 0.25) is 5.95 Å². The van der Waals surface area contributed by atoms with E-state index in [9.17, 15) is 12.8 Å². The molecule has 0 amide bonds. The van der Waals surface area contributed by atoms with Crippen molar-refractivity contribution in [3.63, 3.8) is 0 Å². The van der Waals surface area contributed by atoms with E-state index in [1.807, 2.05) is 12.4 Å². The summed E-state index contributed by atoms with van der Waals surface area (Å²) in [7, 11) is -1.75. The molecule has 2 heterocycles. The highest BCUT2D eigenvalue weighted by molar-refractivity contribution is 7.91. The molecule has 0 N–H and O–H groups in total. The van der Waals surface area contributed by atoms with E-state index in [1.54, 1.807) is 14.0 Å². The molecule has 0 spiro atoms. The molecule has 2 atom stereocenters. The number of nitrogens with zero attached hydrogens (tertiary/aromatic N) is 3. The summed E-state index contributed by atoms with van der Waals surface area (Å²) in [4.78, 5) is 11.2. The molecule has 2 aliphatic rings. The second kappa shape index (κ2) is 10.4. The number of ether oxygens (including phenoxy) is 2. The zero-order chi connectivity index (χ0) is 23.4. The van der Waals surface area contributed by atoms with Crippen LogP contribution in [0.3, 0.4) is 0 Å². The predicted molar refractivity (Wildman–Crippen MR) is 123 cm³/mol. The lowest BCUT2D eigenvalue weighted by molar-refractivity contribution is 0.102. The van der Waals surface area contributed by atoms with Crippen LogP contribution in [0.4, 0.5) is 10.3 Å². The van der Waals surface area contributed by atoms with Crippen LogP contribution in [-0.4, -0.2) is 50.9 Å². The van der Waals surface area contributed by atoms with Gasteiger partial charge < -0.3 is 14.4 Å². The molecule has 2 aromatic rings. The fourth-order valence-corrected chi connectivity index (χ4v) is 5.54. The standard InChI is InChI=1S/C24H32FN3O4S/c1-3-33(29,30)21-5-4-19(23(25)11-21)15-32-16-20-10-22(20)18-6-8-28(9-7-18)24-26-12-17(13-27-24)14-31-2/h4-5,11-13,18,20,22H,3,6-10,14-16H2,1-2H3. The lowest BCUT2D eigenvalue weighted by atomic mass is 9.91. The topological polar surface area (TPSA) is 81.6 Å². The first-order valence-electron chi connectivity index (χ1n) is 11.5. The van der Waals surface area contributed by atoms with E-state index >= 15 is 0 Å². The molecule has 1 aromatic carbocycles. The van der Waals surface area contributed by atoms with Gasteiger partial charge in [0.15, 0.2) is 9.84 Å². The summed E-state index contributed by atoms with van der Waals surface area (Å²) in [6.07, 6.45) is 7.04. The number of methoxy groups -OCH3 is 1. The number of aromatic nitrogens is 2. The Labute approximate surface area is 195 Å². The minimum Gasteiger partial charge on any atom is -0.380 e. The third kappa shape index (κ3) is 5.88. The molecule has 2 unspecified atom stereocenters. The van der Waals surface area contributed by atoms with Crippen LogP contribution in [0, 0.1) is 23.6 Å². The van der Waals surface area contributed by atoms with Gasteiger partial charge in [0.05, 0.1) is 30.5 Å². The van der Waals surface area contributed by atoms with Crippen molar-refractivity contribution in [3.05, 3.63) is 47.5 Å². The van der Waals surface area contributed by atoms with E-state index < -0.39 is 15.7 Å². The average Bonchev–Trinajstić information content (AvgIpc) is 3.60. The third-order valence-corrected chi connectivity index (χ3v) is 8.49. The van der Waals surface area contributed by atoms with Crippen molar-refractivity contribution in [2.75, 3.05) is 37.5 Å². The smallest absolute Gasteiger partial charge is 0.225 e. The van der Waals surface area contributed by atoms with Gasteiger partial charge in [-0.2, -0.15) is 0 Å². The molecule has 7 nitrogen and oxygen atoms in total. The summed E-state index contributed by atoms with van der Waals surface area (Å²) in [5.41, 5.74) is 1.37. The Morgan fingerprint density at radius 1 is 1.15 bits per heavy atom. The van der Waals surface area contributed by atoms with E-state index in [4.69, 9.17) is 9.47 Å². The Bertz CT molecular complexity index is 1040. The number of piperidine rings is 1. The molecule has 1 saturated carbocycles. The first kappa shape index (κ1) is 24.0. The molecule has 1 aliphatic heterocycles. The number of anilines is 1. The maximum absolute atomic E-state index is 14.3. The number of hydrogen-bond acceptors (Lipinski definition) is 7. The summed E-state index contributed by atoms with van der Waals surface area (Å²) < 4.78 is 49.0. The predicted octanol–water partition coefficient (Wildman–Crippen LogP) is 3.63. The molecule has 9 heteroatoms. The molecule has 1 aliphatic carbocycles. The lowest BCUT2D eigenvalue weighted by Gasteiger charge is -2.32. The van der Waals surface area contributed by atoms with E-state index in [-0.39, 0.29) is 17.3 Å². The summed E-state index contributed by atoms with van der Waals surface area (Å²) in [5, 5.41) is 0. The van der Waals surface area contributed by atoms with E-state index in [2.05, 4.69) is 14.9 Å². The fraction of sp³-hybridized carbons (Fsp3) is 0.583. The van der Waals surface area contributed by atoms with E-state index in [1.165, 1.54) is 12.1 Å². The van der Waals surface area contributed by atoms with E-state index in [0.29, 0.717) is 36.5 Å². The van der Waals surface area contributed by atoms with Crippen molar-refractivity contribution in [1.29, 1.82) is 0 Å². The van der Waals surface area contributed by atoms with Gasteiger partial charge in [-0.15, -0.1) is 0 Å². The minimum atomic E-state index is -3.40. The maximum Gasteiger partial charge on any atom is 0.225 e. The second-order valence-electron chi connectivity index (χ2n) is 8.98. The Balaban J connectivity index is 1.19. The van der Waals surface area contributed by atoms with Gasteiger partial charge in [0.1, 0.15) is 5.82 Å². The summed E-state index contributed by atoms with van der Waals surface area (Å²) in [6.45, 7) is 4.76. The number of hydrogen-bond donors (Lipinski definition) is 0. The molecule has 1 saturated heterocycles. The van der Waals surface area contributed by atoms with Crippen molar-refractivity contribution in [3.8, 4) is 0 Å². The first-order chi connectivity index (χ1) is 15.9. The van der Waals surface area contributed by atoms with Crippen LogP contribution in [0.25, 0.3) is 0 Å². The van der Waals surface area contributed by atoms with Crippen molar-refractivity contribution in [2.24, 2.45) is 17.8 Å². The average molecular weight is 478 g/mol. The molecule has 0 bridgehead atoms. The fourth-order valence-electron chi connectivity index (χ4n) is 4.65. The highest BCUT2D eigenvalue weighted by Gasteiger charge is 2.43. The van der Waals surface area contributed by atoms with Crippen LogP contribution in [-0.2, 0) is 32.5 Å². The number of rotatable bonds is 10. The minimum absolute atomic E-state index is 0.0242. The molecular formula is C24H32FN3O4S. The van der Waals surface area contributed by atoms with Crippen molar-refractivity contribution < 1.29 is 22.3 Å². The van der Waals surface area contributed by atoms with Gasteiger partial charge in [0.25, 0.3) is 0 Å². The van der Waals surface area contributed by atoms with Crippen LogP contribution in [0.15, 0.2) is 35.5 Å². The van der Waals surface area contributed by atoms with Crippen LogP contribution >= 0.6 is 0 Å². The van der Waals surface area contributed by atoms with Gasteiger partial charge in [-0.3, -0.25) is 0 Å². The molecule has 4 rings (SSSR count). The summed E-state index contributed by atoms with van der Waals surface area (Å²) in [6, 6.07) is 4.07. The second-order valence-corrected chi connectivity index (χ2v) is 11.3. The number of sulfone groups is 1. The molecule has 180 valence electrons. The zero-order valence-electron chi connectivity index (χ0n) is 19.2. The quantitative estimate of drug-likeness (QED) is 0.517. The normalized spacial score (nSPS) is 21.4. The monoisotopic (exact) mass is 477 g/mol. The summed E-state index contributed by atoms with van der Waals surface area (Å²) in [5.74, 6) is 2.08. The maximum atomic E-state index is 14.3. The Kier molecular flexibility index (Phi) is 7.61. The van der Waals surface area contributed by atoms with Gasteiger partial charge in [-0.1, -0.05) is 13.0 Å². The summed E-state index contributed by atoms with van der Waals surface area (Å²) >= 11 is 0. The van der Waals surface area contributed by atoms with Gasteiger partial charge in [-0.25, -0.2) is 22.8 Å². The Hall–Kier alpha value is -2.10. The van der Waals surface area contributed by atoms with E-state index in [0.717, 1.165) is 49.9 Å². The Morgan fingerprint density at radius 3 is 2.52 bits per heavy atom. The Morgan fingerprint density at radius 2 is 1.88 bits per heavy atom. The van der Waals surface area contributed by atoms with Gasteiger partial charge in [0, 0.05) is 43.7 Å². The number of halogens is 1. The molecule has 2 fully saturated rings. The van der Waals surface area contributed by atoms with Crippen LogP contribution < -0.4 is 4.90 Å². The highest BCUT2D eigenvalue weighted by Crippen LogP contribution is 2.48. The lowest BCUT2D eigenvalue weighted by Crippen LogP contribution is -2.35. The molecule has 1 aromatic heterocycles. The zero-order valence-corrected chi connectivity index (χ0v) is 20.1.